The molecule has 0 saturated carbocycles. The lowest BCUT2D eigenvalue weighted by Crippen LogP contribution is -2.30. The maximum absolute atomic E-state index is 12.5. The third-order valence-electron chi connectivity index (χ3n) is 3.96. The predicted molar refractivity (Wildman–Crippen MR) is 113 cm³/mol. The van der Waals surface area contributed by atoms with E-state index in [0.29, 0.717) is 29.4 Å². The molecule has 0 radical (unpaired) electrons. The summed E-state index contributed by atoms with van der Waals surface area (Å²) in [6, 6.07) is 12.7. The summed E-state index contributed by atoms with van der Waals surface area (Å²) >= 11 is 5.88. The minimum Gasteiger partial charge on any atom is -0.384 e. The van der Waals surface area contributed by atoms with Gasteiger partial charge in [0.05, 0.1) is 4.90 Å². The van der Waals surface area contributed by atoms with Gasteiger partial charge in [-0.3, -0.25) is 4.79 Å². The summed E-state index contributed by atoms with van der Waals surface area (Å²) in [4.78, 5) is 17.1. The van der Waals surface area contributed by atoms with Crippen molar-refractivity contribution in [1.82, 2.24) is 4.31 Å². The zero-order valence-electron chi connectivity index (χ0n) is 16.1. The molecular formula is C19H23ClN4O4S. The van der Waals surface area contributed by atoms with Crippen LogP contribution in [0.3, 0.4) is 0 Å². The average Bonchev–Trinajstić information content (AvgIpc) is 2.69. The number of halogens is 1. The van der Waals surface area contributed by atoms with Gasteiger partial charge in [-0.15, -0.1) is 0 Å². The fourth-order valence-corrected chi connectivity index (χ4v) is 4.13. The van der Waals surface area contributed by atoms with E-state index in [1.54, 1.807) is 38.1 Å². The van der Waals surface area contributed by atoms with Crippen molar-refractivity contribution in [3.8, 4) is 0 Å². The maximum Gasteiger partial charge on any atom is 0.265 e. The summed E-state index contributed by atoms with van der Waals surface area (Å²) in [6.07, 6.45) is 0. The summed E-state index contributed by atoms with van der Waals surface area (Å²) in [5, 5.41) is 6.79. The molecule has 8 nitrogen and oxygen atoms in total. The van der Waals surface area contributed by atoms with Crippen molar-refractivity contribution in [2.24, 2.45) is 10.9 Å². The van der Waals surface area contributed by atoms with E-state index in [0.717, 1.165) is 0 Å². The molecule has 0 aromatic heterocycles. The predicted octanol–water partition coefficient (Wildman–Crippen LogP) is 2.65. The Labute approximate surface area is 175 Å². The topological polar surface area (TPSA) is 114 Å². The van der Waals surface area contributed by atoms with Crippen molar-refractivity contribution in [2.45, 2.75) is 18.7 Å². The molecule has 2 rings (SSSR count). The molecule has 0 spiro atoms. The van der Waals surface area contributed by atoms with E-state index in [1.807, 2.05) is 0 Å². The van der Waals surface area contributed by atoms with Crippen LogP contribution < -0.4 is 11.1 Å². The Kier molecular flexibility index (Phi) is 8.00. The van der Waals surface area contributed by atoms with Crippen LogP contribution in [0.15, 0.2) is 58.6 Å². The Morgan fingerprint density at radius 2 is 1.83 bits per heavy atom. The van der Waals surface area contributed by atoms with E-state index in [4.69, 9.17) is 22.2 Å². The lowest BCUT2D eigenvalue weighted by molar-refractivity contribution is -0.120. The van der Waals surface area contributed by atoms with Gasteiger partial charge >= 0.3 is 0 Å². The van der Waals surface area contributed by atoms with Gasteiger partial charge in [0.2, 0.25) is 10.0 Å². The van der Waals surface area contributed by atoms with Crippen molar-refractivity contribution in [3.05, 3.63) is 59.1 Å². The Balaban J connectivity index is 1.93. The van der Waals surface area contributed by atoms with E-state index in [-0.39, 0.29) is 17.3 Å². The van der Waals surface area contributed by atoms with Gasteiger partial charge < -0.3 is 15.9 Å². The fraction of sp³-hybridized carbons (Fsp3) is 0.263. The zero-order valence-corrected chi connectivity index (χ0v) is 17.7. The van der Waals surface area contributed by atoms with Gasteiger partial charge in [0.25, 0.3) is 5.91 Å². The van der Waals surface area contributed by atoms with E-state index in [2.05, 4.69) is 10.5 Å². The molecule has 0 saturated heterocycles. The number of rotatable bonds is 9. The van der Waals surface area contributed by atoms with Crippen LogP contribution in [0.1, 0.15) is 19.4 Å². The van der Waals surface area contributed by atoms with Crippen LogP contribution in [0.2, 0.25) is 5.02 Å². The molecule has 0 heterocycles. The second-order valence-electron chi connectivity index (χ2n) is 5.92. The zero-order chi connectivity index (χ0) is 21.4. The van der Waals surface area contributed by atoms with Gasteiger partial charge in [-0.2, -0.15) is 4.31 Å². The molecule has 10 heteroatoms. The van der Waals surface area contributed by atoms with Crippen LogP contribution in [0.25, 0.3) is 0 Å². The first-order chi connectivity index (χ1) is 13.8. The van der Waals surface area contributed by atoms with Crippen molar-refractivity contribution in [3.63, 3.8) is 0 Å². The van der Waals surface area contributed by atoms with Gasteiger partial charge in [-0.05, 0) is 36.4 Å². The second-order valence-corrected chi connectivity index (χ2v) is 8.30. The molecule has 0 fully saturated rings. The Bertz CT molecular complexity index is 974. The van der Waals surface area contributed by atoms with Crippen LogP contribution in [-0.4, -0.2) is 44.2 Å². The molecule has 2 aromatic rings. The van der Waals surface area contributed by atoms with E-state index in [9.17, 15) is 13.2 Å². The number of hydrogen-bond acceptors (Lipinski definition) is 5. The number of oxime groups is 1. The molecule has 0 aliphatic heterocycles. The number of hydrogen-bond donors (Lipinski definition) is 2. The molecule has 0 atom stereocenters. The number of sulfonamides is 1. The highest BCUT2D eigenvalue weighted by molar-refractivity contribution is 7.89. The Hall–Kier alpha value is -2.62. The fourth-order valence-electron chi connectivity index (χ4n) is 2.48. The summed E-state index contributed by atoms with van der Waals surface area (Å²) in [6.45, 7) is 3.95. The quantitative estimate of drug-likeness (QED) is 0.355. The molecule has 29 heavy (non-hydrogen) atoms. The summed E-state index contributed by atoms with van der Waals surface area (Å²) < 4.78 is 26.3. The molecule has 1 amide bonds. The minimum atomic E-state index is -3.54. The Morgan fingerprint density at radius 3 is 2.41 bits per heavy atom. The van der Waals surface area contributed by atoms with Crippen LogP contribution in [0.4, 0.5) is 5.69 Å². The van der Waals surface area contributed by atoms with Gasteiger partial charge in [0.1, 0.15) is 0 Å². The number of carbonyl (C=O) groups is 1. The van der Waals surface area contributed by atoms with E-state index < -0.39 is 15.9 Å². The maximum atomic E-state index is 12.5. The lowest BCUT2D eigenvalue weighted by Gasteiger charge is -2.18. The van der Waals surface area contributed by atoms with Crippen molar-refractivity contribution in [1.29, 1.82) is 0 Å². The molecule has 0 aliphatic carbocycles. The number of nitrogens with zero attached hydrogens (tertiary/aromatic N) is 2. The SMILES string of the molecule is CCN(CC)S(=O)(=O)c1ccc(NC(=O)CO/N=C(/N)c2cccc(Cl)c2)cc1. The summed E-state index contributed by atoms with van der Waals surface area (Å²) in [5.74, 6) is -0.377. The monoisotopic (exact) mass is 438 g/mol. The standard InChI is InChI=1S/C19H23ClN4O4S/c1-3-24(4-2)29(26,27)17-10-8-16(9-11-17)22-18(25)13-28-23-19(21)14-6-5-7-15(20)12-14/h5-12H,3-4,13H2,1-2H3,(H2,21,23)(H,22,25). The molecule has 2 aromatic carbocycles. The number of anilines is 1. The smallest absolute Gasteiger partial charge is 0.265 e. The van der Waals surface area contributed by atoms with Crippen LogP contribution in [-0.2, 0) is 19.7 Å². The number of benzene rings is 2. The lowest BCUT2D eigenvalue weighted by atomic mass is 10.2. The first kappa shape index (κ1) is 22.7. The summed E-state index contributed by atoms with van der Waals surface area (Å²) in [7, 11) is -3.54. The van der Waals surface area contributed by atoms with Crippen LogP contribution >= 0.6 is 11.6 Å². The average molecular weight is 439 g/mol. The first-order valence-electron chi connectivity index (χ1n) is 8.89. The van der Waals surface area contributed by atoms with Crippen molar-refractivity contribution >= 4 is 39.1 Å². The Morgan fingerprint density at radius 1 is 1.17 bits per heavy atom. The van der Waals surface area contributed by atoms with Crippen LogP contribution in [0.5, 0.6) is 0 Å². The largest absolute Gasteiger partial charge is 0.384 e. The van der Waals surface area contributed by atoms with Gasteiger partial charge in [0, 0.05) is 29.4 Å². The summed E-state index contributed by atoms with van der Waals surface area (Å²) in [5.41, 5.74) is 6.79. The van der Waals surface area contributed by atoms with Gasteiger partial charge in [-0.25, -0.2) is 8.42 Å². The highest BCUT2D eigenvalue weighted by atomic mass is 35.5. The van der Waals surface area contributed by atoms with Gasteiger partial charge in [-0.1, -0.05) is 42.7 Å². The van der Waals surface area contributed by atoms with Crippen molar-refractivity contribution < 1.29 is 18.0 Å². The molecular weight excluding hydrogens is 416 g/mol. The highest BCUT2D eigenvalue weighted by Gasteiger charge is 2.21. The molecule has 0 bridgehead atoms. The third kappa shape index (κ3) is 6.18. The number of amides is 1. The molecule has 3 N–H and O–H groups in total. The molecule has 0 unspecified atom stereocenters. The number of nitrogens with one attached hydrogen (secondary N) is 1. The normalized spacial score (nSPS) is 12.1. The molecule has 156 valence electrons. The van der Waals surface area contributed by atoms with Crippen molar-refractivity contribution in [2.75, 3.05) is 25.0 Å². The van der Waals surface area contributed by atoms with E-state index in [1.165, 1.54) is 28.6 Å². The highest BCUT2D eigenvalue weighted by Crippen LogP contribution is 2.18. The third-order valence-corrected chi connectivity index (χ3v) is 6.26. The second kappa shape index (κ2) is 10.2. The van der Waals surface area contributed by atoms with E-state index >= 15 is 0 Å². The number of nitrogens with two attached hydrogens (primary N) is 1. The molecule has 0 aliphatic rings. The van der Waals surface area contributed by atoms with Crippen LogP contribution in [0, 0.1) is 0 Å². The minimum absolute atomic E-state index is 0.0891. The number of carbonyl (C=O) groups excluding carboxylic acids is 1. The first-order valence-corrected chi connectivity index (χ1v) is 10.7. The van der Waals surface area contributed by atoms with Gasteiger partial charge in [0.15, 0.2) is 12.4 Å². The number of amidine groups is 1.